The molecule has 1 amide bonds. The van der Waals surface area contributed by atoms with Gasteiger partial charge < -0.3 is 4.90 Å². The van der Waals surface area contributed by atoms with Crippen molar-refractivity contribution in [2.24, 2.45) is 0 Å². The summed E-state index contributed by atoms with van der Waals surface area (Å²) in [6.45, 7) is 5.44. The number of benzene rings is 1. The van der Waals surface area contributed by atoms with Crippen LogP contribution in [0, 0.1) is 19.7 Å². The van der Waals surface area contributed by atoms with Crippen LogP contribution in [0.2, 0.25) is 5.02 Å². The first-order valence-electron chi connectivity index (χ1n) is 9.02. The zero-order valence-electron chi connectivity index (χ0n) is 15.3. The fourth-order valence-corrected chi connectivity index (χ4v) is 3.90. The number of likely N-dealkylation sites (tertiary alicyclic amines) is 1. The van der Waals surface area contributed by atoms with Crippen LogP contribution in [0.5, 0.6) is 0 Å². The molecule has 5 nitrogen and oxygen atoms in total. The molecular weight excluding hydrogens is 367 g/mol. The van der Waals surface area contributed by atoms with Crippen molar-refractivity contribution in [2.45, 2.75) is 33.1 Å². The summed E-state index contributed by atoms with van der Waals surface area (Å²) in [6.07, 6.45) is 4.21. The highest BCUT2D eigenvalue weighted by Crippen LogP contribution is 2.25. The topological polar surface area (TPSA) is 50.5 Å². The molecule has 0 atom stereocenters. The van der Waals surface area contributed by atoms with E-state index >= 15 is 0 Å². The average molecular weight is 387 g/mol. The summed E-state index contributed by atoms with van der Waals surface area (Å²) in [5, 5.41) is 4.79. The SMILES string of the molecule is Cc1nc2c(C(=O)N3CCCC3)cnn2c(C)c1Cc1ccc(F)cc1Cl. The van der Waals surface area contributed by atoms with Crippen LogP contribution in [-0.2, 0) is 6.42 Å². The fourth-order valence-electron chi connectivity index (χ4n) is 3.66. The lowest BCUT2D eigenvalue weighted by Gasteiger charge is -2.15. The molecule has 0 aliphatic carbocycles. The first-order valence-corrected chi connectivity index (χ1v) is 9.40. The highest BCUT2D eigenvalue weighted by molar-refractivity contribution is 6.31. The molecule has 0 radical (unpaired) electrons. The van der Waals surface area contributed by atoms with Crippen LogP contribution in [0.15, 0.2) is 24.4 Å². The van der Waals surface area contributed by atoms with Crippen molar-refractivity contribution in [1.82, 2.24) is 19.5 Å². The fraction of sp³-hybridized carbons (Fsp3) is 0.350. The van der Waals surface area contributed by atoms with E-state index in [0.29, 0.717) is 22.7 Å². The maximum atomic E-state index is 13.3. The number of rotatable bonds is 3. The zero-order chi connectivity index (χ0) is 19.1. The molecule has 0 unspecified atom stereocenters. The van der Waals surface area contributed by atoms with Crippen LogP contribution in [0.1, 0.15) is 45.7 Å². The van der Waals surface area contributed by atoms with Gasteiger partial charge in [0.05, 0.1) is 6.20 Å². The largest absolute Gasteiger partial charge is 0.338 e. The van der Waals surface area contributed by atoms with Crippen LogP contribution in [0.4, 0.5) is 4.39 Å². The Balaban J connectivity index is 1.74. The van der Waals surface area contributed by atoms with Gasteiger partial charge in [0, 0.05) is 35.9 Å². The van der Waals surface area contributed by atoms with Crippen molar-refractivity contribution in [3.8, 4) is 0 Å². The highest BCUT2D eigenvalue weighted by Gasteiger charge is 2.24. The summed E-state index contributed by atoms with van der Waals surface area (Å²) in [5.41, 5.74) is 4.63. The summed E-state index contributed by atoms with van der Waals surface area (Å²) in [5.74, 6) is -0.369. The second kappa shape index (κ2) is 6.93. The van der Waals surface area contributed by atoms with Crippen LogP contribution in [0.25, 0.3) is 5.65 Å². The van der Waals surface area contributed by atoms with Crippen molar-refractivity contribution >= 4 is 23.2 Å². The molecule has 27 heavy (non-hydrogen) atoms. The molecule has 1 saturated heterocycles. The quantitative estimate of drug-likeness (QED) is 0.684. The minimum atomic E-state index is -0.358. The van der Waals surface area contributed by atoms with Gasteiger partial charge in [0.1, 0.15) is 11.4 Å². The van der Waals surface area contributed by atoms with E-state index < -0.39 is 0 Å². The van der Waals surface area contributed by atoms with Crippen molar-refractivity contribution in [3.05, 3.63) is 63.3 Å². The lowest BCUT2D eigenvalue weighted by molar-refractivity contribution is 0.0794. The third-order valence-corrected chi connectivity index (χ3v) is 5.57. The van der Waals surface area contributed by atoms with E-state index in [1.807, 2.05) is 18.7 Å². The molecule has 7 heteroatoms. The van der Waals surface area contributed by atoms with Crippen molar-refractivity contribution in [3.63, 3.8) is 0 Å². The van der Waals surface area contributed by atoms with E-state index in [9.17, 15) is 9.18 Å². The highest BCUT2D eigenvalue weighted by atomic mass is 35.5. The van der Waals surface area contributed by atoms with Crippen LogP contribution in [-0.4, -0.2) is 38.5 Å². The molecule has 0 saturated carbocycles. The molecule has 4 rings (SSSR count). The third-order valence-electron chi connectivity index (χ3n) is 5.21. The number of carbonyl (C=O) groups excluding carboxylic acids is 1. The maximum absolute atomic E-state index is 13.3. The Labute approximate surface area is 161 Å². The Morgan fingerprint density at radius 2 is 2.00 bits per heavy atom. The number of carbonyl (C=O) groups is 1. The first kappa shape index (κ1) is 17.9. The van der Waals surface area contributed by atoms with E-state index in [0.717, 1.165) is 48.4 Å². The van der Waals surface area contributed by atoms with Crippen LogP contribution in [0.3, 0.4) is 0 Å². The first-order chi connectivity index (χ1) is 13.0. The summed E-state index contributed by atoms with van der Waals surface area (Å²) in [7, 11) is 0. The number of fused-ring (bicyclic) bond motifs is 1. The molecule has 1 aliphatic heterocycles. The maximum Gasteiger partial charge on any atom is 0.259 e. The van der Waals surface area contributed by atoms with E-state index in [1.165, 1.54) is 12.1 Å². The molecule has 3 heterocycles. The zero-order valence-corrected chi connectivity index (χ0v) is 16.1. The van der Waals surface area contributed by atoms with Gasteiger partial charge in [-0.1, -0.05) is 17.7 Å². The normalized spacial score (nSPS) is 14.3. The molecule has 2 aromatic heterocycles. The van der Waals surface area contributed by atoms with E-state index in [1.54, 1.807) is 16.8 Å². The van der Waals surface area contributed by atoms with Gasteiger partial charge in [-0.3, -0.25) is 4.79 Å². The Morgan fingerprint density at radius 1 is 1.26 bits per heavy atom. The number of hydrogen-bond acceptors (Lipinski definition) is 3. The summed E-state index contributed by atoms with van der Waals surface area (Å²) < 4.78 is 15.0. The third kappa shape index (κ3) is 3.18. The monoisotopic (exact) mass is 386 g/mol. The summed E-state index contributed by atoms with van der Waals surface area (Å²) >= 11 is 6.19. The average Bonchev–Trinajstić information content (AvgIpc) is 3.29. The molecule has 0 spiro atoms. The van der Waals surface area contributed by atoms with Gasteiger partial charge in [0.15, 0.2) is 5.65 Å². The molecule has 1 fully saturated rings. The van der Waals surface area contributed by atoms with E-state index in [-0.39, 0.29) is 11.7 Å². The van der Waals surface area contributed by atoms with Crippen molar-refractivity contribution < 1.29 is 9.18 Å². The Kier molecular flexibility index (Phi) is 4.60. The van der Waals surface area contributed by atoms with Crippen molar-refractivity contribution in [1.29, 1.82) is 0 Å². The lowest BCUT2D eigenvalue weighted by atomic mass is 10.0. The molecule has 1 aromatic carbocycles. The Morgan fingerprint density at radius 3 is 2.70 bits per heavy atom. The molecule has 140 valence electrons. The van der Waals surface area contributed by atoms with Crippen LogP contribution < -0.4 is 0 Å². The van der Waals surface area contributed by atoms with E-state index in [4.69, 9.17) is 11.6 Å². The van der Waals surface area contributed by atoms with Gasteiger partial charge in [-0.15, -0.1) is 0 Å². The standard InChI is InChI=1S/C20H20ClFN4O/c1-12-16(9-14-5-6-15(22)10-18(14)21)13(2)26-19(24-12)17(11-23-26)20(27)25-7-3-4-8-25/h5-6,10-11H,3-4,7-9H2,1-2H3. The number of halogens is 2. The molecule has 3 aromatic rings. The Bertz CT molecular complexity index is 1040. The lowest BCUT2D eigenvalue weighted by Crippen LogP contribution is -2.27. The predicted octanol–water partition coefficient (Wildman–Crippen LogP) is 3.97. The minimum absolute atomic E-state index is 0.0110. The van der Waals surface area contributed by atoms with Gasteiger partial charge in [0.25, 0.3) is 5.91 Å². The van der Waals surface area contributed by atoms with Crippen LogP contribution >= 0.6 is 11.6 Å². The van der Waals surface area contributed by atoms with Gasteiger partial charge >= 0.3 is 0 Å². The molecule has 0 N–H and O–H groups in total. The van der Waals surface area contributed by atoms with E-state index in [2.05, 4.69) is 10.1 Å². The molecule has 0 bridgehead atoms. The van der Waals surface area contributed by atoms with Gasteiger partial charge in [-0.2, -0.15) is 5.10 Å². The smallest absolute Gasteiger partial charge is 0.259 e. The number of aryl methyl sites for hydroxylation is 2. The summed E-state index contributed by atoms with van der Waals surface area (Å²) in [4.78, 5) is 19.3. The molecule has 1 aliphatic rings. The number of amides is 1. The second-order valence-electron chi connectivity index (χ2n) is 6.97. The molecular formula is C20H20ClFN4O. The Hall–Kier alpha value is -2.47. The van der Waals surface area contributed by atoms with Gasteiger partial charge in [0.2, 0.25) is 0 Å². The number of aromatic nitrogens is 3. The predicted molar refractivity (Wildman–Crippen MR) is 102 cm³/mol. The minimum Gasteiger partial charge on any atom is -0.338 e. The van der Waals surface area contributed by atoms with Crippen molar-refractivity contribution in [2.75, 3.05) is 13.1 Å². The van der Waals surface area contributed by atoms with Gasteiger partial charge in [-0.05, 0) is 49.9 Å². The number of hydrogen-bond donors (Lipinski definition) is 0. The number of nitrogens with zero attached hydrogens (tertiary/aromatic N) is 4. The van der Waals surface area contributed by atoms with Gasteiger partial charge in [-0.25, -0.2) is 13.9 Å². The second-order valence-corrected chi connectivity index (χ2v) is 7.37. The summed E-state index contributed by atoms with van der Waals surface area (Å²) in [6, 6.07) is 4.40.